The number of furan rings is 1. The molecule has 1 saturated heterocycles. The zero-order valence-electron chi connectivity index (χ0n) is 19.6. The molecule has 4 rings (SSSR count). The van der Waals surface area contributed by atoms with Gasteiger partial charge in [-0.2, -0.15) is 0 Å². The van der Waals surface area contributed by atoms with E-state index < -0.39 is 5.60 Å². The highest BCUT2D eigenvalue weighted by molar-refractivity contribution is 7.71. The second-order valence-corrected chi connectivity index (χ2v) is 9.71. The minimum atomic E-state index is -0.496. The Morgan fingerprint density at radius 2 is 1.91 bits per heavy atom. The summed E-state index contributed by atoms with van der Waals surface area (Å²) in [4.78, 5) is 14.4. The van der Waals surface area contributed by atoms with Crippen molar-refractivity contribution >= 4 is 18.3 Å². The van der Waals surface area contributed by atoms with Crippen LogP contribution in [0.1, 0.15) is 39.4 Å². The van der Waals surface area contributed by atoms with E-state index >= 15 is 0 Å². The summed E-state index contributed by atoms with van der Waals surface area (Å²) in [7, 11) is 0. The molecule has 0 unspecified atom stereocenters. The summed E-state index contributed by atoms with van der Waals surface area (Å²) in [5.74, 6) is 1.56. The number of piperidine rings is 1. The summed E-state index contributed by atoms with van der Waals surface area (Å²) in [5.41, 5.74) is 1.39. The van der Waals surface area contributed by atoms with E-state index in [0.717, 1.165) is 48.8 Å². The number of hydrogen-bond donors (Lipinski definition) is 1. The van der Waals surface area contributed by atoms with Crippen LogP contribution in [0, 0.1) is 11.7 Å². The van der Waals surface area contributed by atoms with Crippen LogP contribution in [-0.4, -0.2) is 50.1 Å². The normalized spacial score (nSPS) is 15.5. The predicted molar refractivity (Wildman–Crippen MR) is 129 cm³/mol. The van der Waals surface area contributed by atoms with Gasteiger partial charge < -0.3 is 14.5 Å². The first-order valence-electron chi connectivity index (χ1n) is 11.2. The van der Waals surface area contributed by atoms with Crippen molar-refractivity contribution in [3.8, 4) is 17.1 Å². The highest BCUT2D eigenvalue weighted by atomic mass is 32.1. The summed E-state index contributed by atoms with van der Waals surface area (Å²) in [6, 6.07) is 12.0. The molecule has 0 aliphatic carbocycles. The van der Waals surface area contributed by atoms with E-state index in [1.54, 1.807) is 6.26 Å². The number of likely N-dealkylation sites (tertiary alicyclic amines) is 1. The Labute approximate surface area is 199 Å². The molecule has 0 atom stereocenters. The fourth-order valence-corrected chi connectivity index (χ4v) is 4.27. The van der Waals surface area contributed by atoms with E-state index in [-0.39, 0.29) is 12.1 Å². The molecule has 1 aliphatic heterocycles. The third-order valence-corrected chi connectivity index (χ3v) is 5.99. The highest BCUT2D eigenvalue weighted by Gasteiger charge is 2.25. The summed E-state index contributed by atoms with van der Waals surface area (Å²) in [6.45, 7) is 9.78. The summed E-state index contributed by atoms with van der Waals surface area (Å²) in [5, 5.41) is 7.86. The number of hydrogen-bond acceptors (Lipinski definition) is 6. The Morgan fingerprint density at radius 1 is 1.21 bits per heavy atom. The molecule has 3 aromatic rings. The van der Waals surface area contributed by atoms with E-state index in [2.05, 4.69) is 10.2 Å². The van der Waals surface area contributed by atoms with Crippen LogP contribution >= 0.6 is 12.2 Å². The molecule has 1 aliphatic rings. The van der Waals surface area contributed by atoms with Crippen molar-refractivity contribution in [2.75, 3.05) is 13.1 Å². The van der Waals surface area contributed by atoms with Crippen LogP contribution in [0.5, 0.6) is 0 Å². The van der Waals surface area contributed by atoms with Gasteiger partial charge in [0, 0.05) is 24.8 Å². The van der Waals surface area contributed by atoms with Gasteiger partial charge in [0.1, 0.15) is 11.4 Å². The zero-order chi connectivity index (χ0) is 23.6. The number of para-hydroxylation sites is 1. The Kier molecular flexibility index (Phi) is 6.71. The van der Waals surface area contributed by atoms with E-state index in [1.165, 1.54) is 0 Å². The third kappa shape index (κ3) is 5.54. The van der Waals surface area contributed by atoms with Gasteiger partial charge >= 0.3 is 6.09 Å². The molecule has 1 N–H and O–H groups in total. The first-order chi connectivity index (χ1) is 15.7. The largest absolute Gasteiger partial charge is 0.469 e. The van der Waals surface area contributed by atoms with Crippen molar-refractivity contribution in [3.05, 3.63) is 53.2 Å². The van der Waals surface area contributed by atoms with Gasteiger partial charge in [-0.05, 0) is 71.0 Å². The molecule has 176 valence electrons. The fourth-order valence-electron chi connectivity index (χ4n) is 3.98. The van der Waals surface area contributed by atoms with Crippen molar-refractivity contribution in [1.82, 2.24) is 24.6 Å². The molecule has 33 heavy (non-hydrogen) atoms. The first-order valence-corrected chi connectivity index (χ1v) is 11.6. The van der Waals surface area contributed by atoms with Crippen LogP contribution in [0.3, 0.4) is 0 Å². The number of benzene rings is 1. The van der Waals surface area contributed by atoms with Crippen molar-refractivity contribution in [1.29, 1.82) is 0 Å². The van der Waals surface area contributed by atoms with Crippen LogP contribution in [0.4, 0.5) is 4.79 Å². The molecular weight excluding hydrogens is 438 g/mol. The number of ether oxygens (including phenoxy) is 1. The second kappa shape index (κ2) is 9.52. The number of carbonyl (C=O) groups is 1. The average Bonchev–Trinajstić information content (AvgIpc) is 3.31. The summed E-state index contributed by atoms with van der Waals surface area (Å²) in [6.07, 6.45) is 3.01. The zero-order valence-corrected chi connectivity index (χ0v) is 20.4. The Balaban J connectivity index is 1.49. The maximum Gasteiger partial charge on any atom is 0.407 e. The monoisotopic (exact) mass is 469 g/mol. The standard InChI is InChI=1S/C24H31N5O3S/c1-17-20(12-15-31-17)21-26-28(23(33)29(21)19-8-6-5-7-9-19)16-27-13-10-18(11-14-27)25-22(30)32-24(2,3)4/h5-9,12,15,18H,10-11,13-14,16H2,1-4H3,(H,25,30). The maximum atomic E-state index is 12.1. The lowest BCUT2D eigenvalue weighted by Crippen LogP contribution is -2.46. The lowest BCUT2D eigenvalue weighted by atomic mass is 10.1. The summed E-state index contributed by atoms with van der Waals surface area (Å²) < 4.78 is 15.4. The lowest BCUT2D eigenvalue weighted by molar-refractivity contribution is 0.0470. The van der Waals surface area contributed by atoms with Crippen LogP contribution in [0.2, 0.25) is 0 Å². The van der Waals surface area contributed by atoms with Crippen molar-refractivity contribution in [3.63, 3.8) is 0 Å². The molecule has 9 heteroatoms. The number of nitrogens with zero attached hydrogens (tertiary/aromatic N) is 4. The Morgan fingerprint density at radius 3 is 2.52 bits per heavy atom. The van der Waals surface area contributed by atoms with Gasteiger partial charge in [0.05, 0.1) is 18.5 Å². The van der Waals surface area contributed by atoms with Gasteiger partial charge in [-0.25, -0.2) is 9.48 Å². The number of nitrogens with one attached hydrogen (secondary N) is 1. The maximum absolute atomic E-state index is 12.1. The molecule has 0 bridgehead atoms. The molecule has 3 heterocycles. The quantitative estimate of drug-likeness (QED) is 0.535. The lowest BCUT2D eigenvalue weighted by Gasteiger charge is -2.32. The molecular formula is C24H31N5O3S. The molecule has 0 radical (unpaired) electrons. The average molecular weight is 470 g/mol. The van der Waals surface area contributed by atoms with E-state index in [9.17, 15) is 4.79 Å². The second-order valence-electron chi connectivity index (χ2n) is 9.35. The number of aromatic nitrogens is 3. The highest BCUT2D eigenvalue weighted by Crippen LogP contribution is 2.26. The van der Waals surface area contributed by atoms with E-state index in [0.29, 0.717) is 11.4 Å². The fraction of sp³-hybridized carbons (Fsp3) is 0.458. The van der Waals surface area contributed by atoms with Crippen LogP contribution in [0.25, 0.3) is 17.1 Å². The van der Waals surface area contributed by atoms with Crippen LogP contribution in [0.15, 0.2) is 47.1 Å². The smallest absolute Gasteiger partial charge is 0.407 e. The van der Waals surface area contributed by atoms with Crippen molar-refractivity contribution in [2.45, 2.75) is 58.8 Å². The van der Waals surface area contributed by atoms with Crippen molar-refractivity contribution < 1.29 is 13.9 Å². The van der Waals surface area contributed by atoms with Gasteiger partial charge in [-0.1, -0.05) is 18.2 Å². The summed E-state index contributed by atoms with van der Waals surface area (Å²) >= 11 is 5.84. The molecule has 8 nitrogen and oxygen atoms in total. The number of aryl methyl sites for hydroxylation is 1. The number of amides is 1. The Bertz CT molecular complexity index is 1150. The van der Waals surface area contributed by atoms with Gasteiger partial charge in [0.2, 0.25) is 4.77 Å². The number of alkyl carbamates (subject to hydrolysis) is 1. The molecule has 1 amide bonds. The van der Waals surface area contributed by atoms with Gasteiger partial charge in [0.15, 0.2) is 5.82 Å². The molecule has 0 saturated carbocycles. The van der Waals surface area contributed by atoms with Gasteiger partial charge in [-0.15, -0.1) is 5.10 Å². The van der Waals surface area contributed by atoms with E-state index in [1.807, 2.05) is 73.3 Å². The van der Waals surface area contributed by atoms with Crippen LogP contribution < -0.4 is 5.32 Å². The van der Waals surface area contributed by atoms with Crippen molar-refractivity contribution in [2.24, 2.45) is 0 Å². The van der Waals surface area contributed by atoms with Crippen LogP contribution in [-0.2, 0) is 11.4 Å². The minimum absolute atomic E-state index is 0.107. The topological polar surface area (TPSA) is 77.5 Å². The molecule has 1 fully saturated rings. The van der Waals surface area contributed by atoms with E-state index in [4.69, 9.17) is 26.5 Å². The molecule has 0 spiro atoms. The van der Waals surface area contributed by atoms with Gasteiger partial charge in [-0.3, -0.25) is 9.47 Å². The SMILES string of the molecule is Cc1occc1-c1nn(CN2CCC(NC(=O)OC(C)(C)C)CC2)c(=S)n1-c1ccccc1. The number of carbonyl (C=O) groups excluding carboxylic acids is 1. The molecule has 2 aromatic heterocycles. The number of rotatable bonds is 5. The van der Waals surface area contributed by atoms with Gasteiger partial charge in [0.25, 0.3) is 0 Å². The molecule has 1 aromatic carbocycles. The minimum Gasteiger partial charge on any atom is -0.469 e. The first kappa shape index (κ1) is 23.3. The predicted octanol–water partition coefficient (Wildman–Crippen LogP) is 4.92. The Hall–Kier alpha value is -2.91. The third-order valence-electron chi connectivity index (χ3n) is 5.60.